The summed E-state index contributed by atoms with van der Waals surface area (Å²) in [4.78, 5) is 25.9. The molecule has 1 aliphatic heterocycles. The van der Waals surface area contributed by atoms with Crippen molar-refractivity contribution in [2.45, 2.75) is 24.5 Å². The summed E-state index contributed by atoms with van der Waals surface area (Å²) >= 11 is 1.62. The quantitative estimate of drug-likeness (QED) is 0.586. The third kappa shape index (κ3) is 4.33. The monoisotopic (exact) mass is 418 g/mol. The Morgan fingerprint density at radius 3 is 2.20 bits per heavy atom. The standard InChI is InChI=1S/C24H22N2O3S/c1-16-23(28)26(20-12-10-19(11-13-20)25-17(2)27)24(30-16)18-8-14-22(15-9-18)29-21-6-4-3-5-7-21/h3-16,24H,1-2H3,(H,25,27). The molecule has 0 bridgehead atoms. The number of anilines is 2. The minimum Gasteiger partial charge on any atom is -0.457 e. The number of thioether (sulfide) groups is 1. The second-order valence-electron chi connectivity index (χ2n) is 7.05. The van der Waals surface area contributed by atoms with Crippen molar-refractivity contribution < 1.29 is 14.3 Å². The Labute approximate surface area is 180 Å². The van der Waals surface area contributed by atoms with Gasteiger partial charge in [0.2, 0.25) is 11.8 Å². The molecule has 1 fully saturated rings. The summed E-state index contributed by atoms with van der Waals surface area (Å²) in [6.45, 7) is 3.40. The molecule has 6 heteroatoms. The number of amides is 2. The van der Waals surface area contributed by atoms with E-state index in [0.29, 0.717) is 5.69 Å². The van der Waals surface area contributed by atoms with Gasteiger partial charge < -0.3 is 10.1 Å². The lowest BCUT2D eigenvalue weighted by molar-refractivity contribution is -0.117. The Bertz CT molecular complexity index is 1040. The predicted molar refractivity (Wildman–Crippen MR) is 121 cm³/mol. The highest BCUT2D eigenvalue weighted by molar-refractivity contribution is 8.01. The molecule has 4 rings (SSSR count). The number of hydrogen-bond donors (Lipinski definition) is 1. The fourth-order valence-corrected chi connectivity index (χ4v) is 4.63. The molecule has 2 amide bonds. The van der Waals surface area contributed by atoms with E-state index in [9.17, 15) is 9.59 Å². The average molecular weight is 419 g/mol. The number of para-hydroxylation sites is 1. The van der Waals surface area contributed by atoms with Crippen molar-refractivity contribution in [1.29, 1.82) is 0 Å². The van der Waals surface area contributed by atoms with Crippen LogP contribution >= 0.6 is 11.8 Å². The van der Waals surface area contributed by atoms with Crippen molar-refractivity contribution in [3.63, 3.8) is 0 Å². The van der Waals surface area contributed by atoms with Gasteiger partial charge in [0, 0.05) is 18.3 Å². The van der Waals surface area contributed by atoms with E-state index in [2.05, 4.69) is 5.32 Å². The summed E-state index contributed by atoms with van der Waals surface area (Å²) in [7, 11) is 0. The van der Waals surface area contributed by atoms with Crippen LogP contribution in [0, 0.1) is 0 Å². The van der Waals surface area contributed by atoms with Gasteiger partial charge in [0.05, 0.1) is 5.25 Å². The maximum absolute atomic E-state index is 12.9. The molecule has 3 aromatic rings. The number of nitrogens with zero attached hydrogens (tertiary/aromatic N) is 1. The molecule has 0 radical (unpaired) electrons. The zero-order chi connectivity index (χ0) is 21.1. The van der Waals surface area contributed by atoms with Crippen molar-refractivity contribution in [3.8, 4) is 11.5 Å². The van der Waals surface area contributed by atoms with Crippen LogP contribution in [0.2, 0.25) is 0 Å². The number of rotatable bonds is 5. The summed E-state index contributed by atoms with van der Waals surface area (Å²) in [5, 5.41) is 2.50. The molecule has 1 heterocycles. The molecule has 0 aliphatic carbocycles. The van der Waals surface area contributed by atoms with E-state index >= 15 is 0 Å². The van der Waals surface area contributed by atoms with Crippen LogP contribution in [0.4, 0.5) is 11.4 Å². The molecule has 1 aliphatic rings. The molecular formula is C24H22N2O3S. The Morgan fingerprint density at radius 1 is 0.933 bits per heavy atom. The number of carbonyl (C=O) groups is 2. The number of benzene rings is 3. The Hall–Kier alpha value is -3.25. The summed E-state index contributed by atoms with van der Waals surface area (Å²) in [5.41, 5.74) is 2.54. The largest absolute Gasteiger partial charge is 0.457 e. The molecule has 5 nitrogen and oxygen atoms in total. The zero-order valence-electron chi connectivity index (χ0n) is 16.7. The van der Waals surface area contributed by atoms with Crippen molar-refractivity contribution in [1.82, 2.24) is 0 Å². The number of carbonyl (C=O) groups excluding carboxylic acids is 2. The fraction of sp³-hybridized carbons (Fsp3) is 0.167. The van der Waals surface area contributed by atoms with Crippen LogP contribution in [-0.2, 0) is 9.59 Å². The molecule has 0 aromatic heterocycles. The van der Waals surface area contributed by atoms with E-state index < -0.39 is 0 Å². The van der Waals surface area contributed by atoms with Gasteiger partial charge in [-0.25, -0.2) is 0 Å². The third-order valence-electron chi connectivity index (χ3n) is 4.76. The molecule has 1 N–H and O–H groups in total. The average Bonchev–Trinajstić information content (AvgIpc) is 3.04. The van der Waals surface area contributed by atoms with Crippen LogP contribution in [0.3, 0.4) is 0 Å². The van der Waals surface area contributed by atoms with Crippen LogP contribution in [0.1, 0.15) is 24.8 Å². The summed E-state index contributed by atoms with van der Waals surface area (Å²) in [6.07, 6.45) is 0. The van der Waals surface area contributed by atoms with Gasteiger partial charge in [0.25, 0.3) is 0 Å². The van der Waals surface area contributed by atoms with E-state index in [4.69, 9.17) is 4.74 Å². The SMILES string of the molecule is CC(=O)Nc1ccc(N2C(=O)C(C)SC2c2ccc(Oc3ccccc3)cc2)cc1. The van der Waals surface area contributed by atoms with Gasteiger partial charge in [0.15, 0.2) is 0 Å². The normalized spacial score (nSPS) is 18.3. The molecular weight excluding hydrogens is 396 g/mol. The van der Waals surface area contributed by atoms with Crippen LogP contribution in [0.15, 0.2) is 78.9 Å². The smallest absolute Gasteiger partial charge is 0.241 e. The van der Waals surface area contributed by atoms with E-state index in [-0.39, 0.29) is 22.4 Å². The highest BCUT2D eigenvalue weighted by atomic mass is 32.2. The molecule has 1 saturated heterocycles. The Kier molecular flexibility index (Phi) is 5.77. The van der Waals surface area contributed by atoms with E-state index in [1.807, 2.05) is 90.7 Å². The minimum absolute atomic E-state index is 0.0712. The Balaban J connectivity index is 1.56. The summed E-state index contributed by atoms with van der Waals surface area (Å²) < 4.78 is 5.87. The summed E-state index contributed by atoms with van der Waals surface area (Å²) in [5.74, 6) is 1.48. The van der Waals surface area contributed by atoms with Crippen molar-refractivity contribution in [2.75, 3.05) is 10.2 Å². The van der Waals surface area contributed by atoms with Crippen molar-refractivity contribution in [3.05, 3.63) is 84.4 Å². The van der Waals surface area contributed by atoms with E-state index in [1.54, 1.807) is 11.8 Å². The molecule has 2 unspecified atom stereocenters. The molecule has 0 spiro atoms. The maximum atomic E-state index is 12.9. The number of hydrogen-bond acceptors (Lipinski definition) is 4. The molecule has 30 heavy (non-hydrogen) atoms. The highest BCUT2D eigenvalue weighted by Crippen LogP contribution is 2.45. The number of nitrogens with one attached hydrogen (secondary N) is 1. The topological polar surface area (TPSA) is 58.6 Å². The van der Waals surface area contributed by atoms with E-state index in [0.717, 1.165) is 22.7 Å². The van der Waals surface area contributed by atoms with Gasteiger partial charge in [-0.2, -0.15) is 0 Å². The first kappa shape index (κ1) is 20.0. The first-order valence-electron chi connectivity index (χ1n) is 9.70. The van der Waals surface area contributed by atoms with Crippen LogP contribution in [0.5, 0.6) is 11.5 Å². The fourth-order valence-electron chi connectivity index (χ4n) is 3.35. The van der Waals surface area contributed by atoms with Crippen molar-refractivity contribution >= 4 is 35.0 Å². The second-order valence-corrected chi connectivity index (χ2v) is 8.48. The first-order chi connectivity index (χ1) is 14.5. The van der Waals surface area contributed by atoms with Crippen molar-refractivity contribution in [2.24, 2.45) is 0 Å². The molecule has 152 valence electrons. The third-order valence-corrected chi connectivity index (χ3v) is 6.11. The maximum Gasteiger partial charge on any atom is 0.241 e. The Morgan fingerprint density at radius 2 is 1.57 bits per heavy atom. The lowest BCUT2D eigenvalue weighted by Crippen LogP contribution is -2.30. The summed E-state index contributed by atoms with van der Waals surface area (Å²) in [6, 6.07) is 24.8. The van der Waals surface area contributed by atoms with Crippen LogP contribution in [0.25, 0.3) is 0 Å². The molecule has 3 aromatic carbocycles. The van der Waals surface area contributed by atoms with Gasteiger partial charge in [0.1, 0.15) is 16.9 Å². The van der Waals surface area contributed by atoms with Crippen LogP contribution < -0.4 is 15.0 Å². The lowest BCUT2D eigenvalue weighted by atomic mass is 10.1. The number of ether oxygens (including phenoxy) is 1. The second kappa shape index (κ2) is 8.63. The van der Waals surface area contributed by atoms with Gasteiger partial charge in [-0.1, -0.05) is 30.3 Å². The molecule has 2 atom stereocenters. The first-order valence-corrected chi connectivity index (χ1v) is 10.6. The van der Waals surface area contributed by atoms with Gasteiger partial charge in [-0.15, -0.1) is 11.8 Å². The van der Waals surface area contributed by atoms with Gasteiger partial charge in [-0.05, 0) is 61.0 Å². The van der Waals surface area contributed by atoms with Gasteiger partial charge in [-0.3, -0.25) is 14.5 Å². The van der Waals surface area contributed by atoms with E-state index in [1.165, 1.54) is 6.92 Å². The molecule has 0 saturated carbocycles. The zero-order valence-corrected chi connectivity index (χ0v) is 17.6. The predicted octanol–water partition coefficient (Wildman–Crippen LogP) is 5.60. The van der Waals surface area contributed by atoms with Crippen LogP contribution in [-0.4, -0.2) is 17.1 Å². The minimum atomic E-state index is -0.134. The highest BCUT2D eigenvalue weighted by Gasteiger charge is 2.39. The lowest BCUT2D eigenvalue weighted by Gasteiger charge is -2.24. The van der Waals surface area contributed by atoms with Gasteiger partial charge >= 0.3 is 0 Å².